The van der Waals surface area contributed by atoms with Crippen LogP contribution in [-0.2, 0) is 37.5 Å². The molecule has 1 N–H and O–H groups in total. The van der Waals surface area contributed by atoms with E-state index in [4.69, 9.17) is 5.11 Å². The van der Waals surface area contributed by atoms with Crippen molar-refractivity contribution >= 4 is 5.97 Å². The molecule has 1 radical (unpaired) electrons. The predicted octanol–water partition coefficient (Wildman–Crippen LogP) is 2.12. The standard InChI is InChI=1S/C9H9O2.CH3.Y/c1-7(9(10)11)8-5-3-2-4-6-8;;/h3-7H,1H3,(H,10,11);1H3;/q2*-1;. The average molecular weight is 253 g/mol. The quantitative estimate of drug-likeness (QED) is 0.820. The van der Waals surface area contributed by atoms with Gasteiger partial charge in [-0.25, -0.2) is 0 Å². The van der Waals surface area contributed by atoms with Gasteiger partial charge in [0.1, 0.15) is 0 Å². The molecule has 1 atom stereocenters. The maximum atomic E-state index is 10.5. The second-order valence-electron chi connectivity index (χ2n) is 2.39. The Labute approximate surface area is 104 Å². The normalized spacial score (nSPS) is 10.5. The van der Waals surface area contributed by atoms with Crippen molar-refractivity contribution in [1.29, 1.82) is 0 Å². The molecular weight excluding hydrogens is 241 g/mol. The third-order valence-electron chi connectivity index (χ3n) is 1.61. The van der Waals surface area contributed by atoms with Crippen molar-refractivity contribution in [1.82, 2.24) is 0 Å². The number of hydrogen-bond donors (Lipinski definition) is 1. The van der Waals surface area contributed by atoms with Crippen LogP contribution in [0.1, 0.15) is 18.4 Å². The zero-order valence-electron chi connectivity index (χ0n) is 7.82. The van der Waals surface area contributed by atoms with E-state index in [-0.39, 0.29) is 40.1 Å². The van der Waals surface area contributed by atoms with E-state index in [1.165, 1.54) is 0 Å². The zero-order valence-corrected chi connectivity index (χ0v) is 10.7. The Morgan fingerprint density at radius 1 is 1.46 bits per heavy atom. The molecule has 69 valence electrons. The van der Waals surface area contributed by atoms with Crippen molar-refractivity contribution in [2.45, 2.75) is 12.8 Å². The fourth-order valence-electron chi connectivity index (χ4n) is 0.831. The van der Waals surface area contributed by atoms with Crippen LogP contribution in [0.5, 0.6) is 0 Å². The topological polar surface area (TPSA) is 37.3 Å². The van der Waals surface area contributed by atoms with E-state index < -0.39 is 11.9 Å². The summed E-state index contributed by atoms with van der Waals surface area (Å²) >= 11 is 0. The van der Waals surface area contributed by atoms with Crippen LogP contribution in [0.15, 0.2) is 24.3 Å². The fraction of sp³-hybridized carbons (Fsp3) is 0.200. The van der Waals surface area contributed by atoms with Gasteiger partial charge in [-0.1, -0.05) is 0 Å². The molecule has 0 bridgehead atoms. The molecule has 3 heteroatoms. The smallest absolute Gasteiger partial charge is 0.308 e. The average Bonchev–Trinajstić information content (AvgIpc) is 2.05. The Hall–Kier alpha value is -0.206. The summed E-state index contributed by atoms with van der Waals surface area (Å²) in [7, 11) is 0. The maximum absolute atomic E-state index is 10.5. The van der Waals surface area contributed by atoms with E-state index in [1.54, 1.807) is 31.2 Å². The number of hydrogen-bond acceptors (Lipinski definition) is 1. The molecule has 0 aromatic heterocycles. The van der Waals surface area contributed by atoms with Crippen molar-refractivity contribution in [3.63, 3.8) is 0 Å². The summed E-state index contributed by atoms with van der Waals surface area (Å²) in [4.78, 5) is 10.5. The zero-order chi connectivity index (χ0) is 8.27. The number of carboxylic acids is 1. The van der Waals surface area contributed by atoms with Crippen molar-refractivity contribution in [2.75, 3.05) is 0 Å². The van der Waals surface area contributed by atoms with E-state index in [1.807, 2.05) is 0 Å². The maximum Gasteiger partial charge on any atom is 0.308 e. The molecule has 0 saturated heterocycles. The van der Waals surface area contributed by atoms with Crippen molar-refractivity contribution in [3.05, 3.63) is 43.3 Å². The molecule has 0 amide bonds. The molecule has 0 saturated carbocycles. The van der Waals surface area contributed by atoms with E-state index in [0.717, 1.165) is 5.56 Å². The third kappa shape index (κ3) is 4.54. The van der Waals surface area contributed by atoms with Crippen molar-refractivity contribution in [2.24, 2.45) is 0 Å². The number of carbonyl (C=O) groups is 1. The second-order valence-corrected chi connectivity index (χ2v) is 2.39. The Balaban J connectivity index is 0. The Morgan fingerprint density at radius 3 is 2.31 bits per heavy atom. The van der Waals surface area contributed by atoms with E-state index in [9.17, 15) is 4.79 Å². The molecule has 1 aromatic rings. The summed E-state index contributed by atoms with van der Waals surface area (Å²) < 4.78 is 0. The van der Waals surface area contributed by atoms with Gasteiger partial charge in [0.25, 0.3) is 0 Å². The molecule has 0 fully saturated rings. The van der Waals surface area contributed by atoms with Gasteiger partial charge in [0, 0.05) is 32.7 Å². The van der Waals surface area contributed by atoms with Crippen molar-refractivity contribution < 1.29 is 42.6 Å². The largest absolute Gasteiger partial charge is 0.481 e. The minimum absolute atomic E-state index is 0. The molecule has 0 heterocycles. The summed E-state index contributed by atoms with van der Waals surface area (Å²) in [6.07, 6.45) is 0. The van der Waals surface area contributed by atoms with Gasteiger partial charge in [0.15, 0.2) is 0 Å². The first-order chi connectivity index (χ1) is 5.22. The Morgan fingerprint density at radius 2 is 1.92 bits per heavy atom. The summed E-state index contributed by atoms with van der Waals surface area (Å²) in [6.45, 7) is 1.66. The predicted molar refractivity (Wildman–Crippen MR) is 47.7 cm³/mol. The van der Waals surface area contributed by atoms with Gasteiger partial charge in [0.05, 0.1) is 5.92 Å². The van der Waals surface area contributed by atoms with Gasteiger partial charge in [-0.05, 0) is 6.92 Å². The molecule has 0 aliphatic rings. The molecule has 0 aliphatic carbocycles. The fourth-order valence-corrected chi connectivity index (χ4v) is 0.831. The van der Waals surface area contributed by atoms with Crippen LogP contribution in [0.25, 0.3) is 0 Å². The minimum atomic E-state index is -0.795. The van der Waals surface area contributed by atoms with Gasteiger partial charge in [-0.3, -0.25) is 4.79 Å². The van der Waals surface area contributed by atoms with Crippen LogP contribution in [-0.4, -0.2) is 11.1 Å². The third-order valence-corrected chi connectivity index (χ3v) is 1.61. The number of aliphatic carboxylic acids is 1. The van der Waals surface area contributed by atoms with E-state index in [2.05, 4.69) is 6.07 Å². The SMILES string of the molecule is CC(C(=O)O)c1cc[c-]cc1.[CH3-].[Y]. The monoisotopic (exact) mass is 253 g/mol. The molecule has 1 unspecified atom stereocenters. The first-order valence-corrected chi connectivity index (χ1v) is 3.40. The molecule has 0 spiro atoms. The van der Waals surface area contributed by atoms with Crippen LogP contribution in [0.2, 0.25) is 0 Å². The summed E-state index contributed by atoms with van der Waals surface area (Å²) in [5, 5.41) is 8.63. The van der Waals surface area contributed by atoms with Gasteiger partial charge in [0.2, 0.25) is 0 Å². The van der Waals surface area contributed by atoms with Crippen LogP contribution in [0, 0.1) is 13.5 Å². The molecule has 1 aromatic carbocycles. The minimum Gasteiger partial charge on any atom is -0.481 e. The van der Waals surface area contributed by atoms with E-state index >= 15 is 0 Å². The van der Waals surface area contributed by atoms with Crippen molar-refractivity contribution in [3.8, 4) is 0 Å². The van der Waals surface area contributed by atoms with Crippen LogP contribution in [0.4, 0.5) is 0 Å². The van der Waals surface area contributed by atoms with Gasteiger partial charge < -0.3 is 12.5 Å². The summed E-state index contributed by atoms with van der Waals surface area (Å²) in [5.74, 6) is -1.22. The van der Waals surface area contributed by atoms with Gasteiger partial charge >= 0.3 is 5.97 Å². The number of benzene rings is 1. The Bertz CT molecular complexity index is 246. The number of rotatable bonds is 2. The molecular formula is C10H12O2Y-2. The first-order valence-electron chi connectivity index (χ1n) is 3.40. The molecule has 1 rings (SSSR count). The van der Waals surface area contributed by atoms with Crippen LogP contribution >= 0.6 is 0 Å². The first kappa shape index (κ1) is 15.3. The van der Waals surface area contributed by atoms with E-state index in [0.29, 0.717) is 0 Å². The molecule has 13 heavy (non-hydrogen) atoms. The van der Waals surface area contributed by atoms with Crippen LogP contribution in [0.3, 0.4) is 0 Å². The molecule has 2 nitrogen and oxygen atoms in total. The van der Waals surface area contributed by atoms with Crippen LogP contribution < -0.4 is 0 Å². The summed E-state index contributed by atoms with van der Waals surface area (Å²) in [6, 6.07) is 9.79. The Kier molecular flexibility index (Phi) is 8.49. The molecule has 0 aliphatic heterocycles. The second kappa shape index (κ2) is 7.22. The van der Waals surface area contributed by atoms with Gasteiger partial charge in [-0.15, -0.1) is 5.56 Å². The summed E-state index contributed by atoms with van der Waals surface area (Å²) in [5.41, 5.74) is 0.816. The number of carboxylic acid groups (broad SMARTS) is 1. The van der Waals surface area contributed by atoms with Gasteiger partial charge in [-0.2, -0.15) is 30.3 Å².